The largest absolute Gasteiger partial charge is 0.355 e. The summed E-state index contributed by atoms with van der Waals surface area (Å²) in [5, 5.41) is 3.43. The fraction of sp³-hybridized carbons (Fsp3) is 0.769. The molecule has 1 aliphatic heterocycles. The van der Waals surface area contributed by atoms with E-state index in [0.29, 0.717) is 0 Å². The first-order valence-electron chi connectivity index (χ1n) is 6.42. The van der Waals surface area contributed by atoms with E-state index in [1.54, 1.807) is 0 Å². The molecule has 1 rings (SSSR count). The SMILES string of the molecule is C=CCSCCNC(=NC)N1CCC(C)CC1. The van der Waals surface area contributed by atoms with Crippen LogP contribution in [0.5, 0.6) is 0 Å². The van der Waals surface area contributed by atoms with Crippen molar-refractivity contribution in [3.63, 3.8) is 0 Å². The Morgan fingerprint density at radius 2 is 2.24 bits per heavy atom. The molecular formula is C13H25N3S. The lowest BCUT2D eigenvalue weighted by atomic mass is 10.00. The van der Waals surface area contributed by atoms with Crippen LogP contribution in [0.25, 0.3) is 0 Å². The Morgan fingerprint density at radius 3 is 2.82 bits per heavy atom. The fourth-order valence-corrected chi connectivity index (χ4v) is 2.53. The normalized spacial score (nSPS) is 18.2. The molecule has 1 aliphatic rings. The Kier molecular flexibility index (Phi) is 7.17. The maximum Gasteiger partial charge on any atom is 0.193 e. The first-order valence-corrected chi connectivity index (χ1v) is 7.57. The van der Waals surface area contributed by atoms with Gasteiger partial charge in [0.25, 0.3) is 0 Å². The smallest absolute Gasteiger partial charge is 0.193 e. The van der Waals surface area contributed by atoms with Gasteiger partial charge in [0.2, 0.25) is 0 Å². The number of hydrogen-bond acceptors (Lipinski definition) is 2. The van der Waals surface area contributed by atoms with Crippen molar-refractivity contribution in [1.82, 2.24) is 10.2 Å². The van der Waals surface area contributed by atoms with Gasteiger partial charge < -0.3 is 10.2 Å². The topological polar surface area (TPSA) is 27.6 Å². The van der Waals surface area contributed by atoms with Crippen LogP contribution in [0.3, 0.4) is 0 Å². The van der Waals surface area contributed by atoms with Crippen LogP contribution in [0.2, 0.25) is 0 Å². The summed E-state index contributed by atoms with van der Waals surface area (Å²) in [6, 6.07) is 0. The van der Waals surface area contributed by atoms with Crippen LogP contribution in [0, 0.1) is 5.92 Å². The standard InChI is InChI=1S/C13H25N3S/c1-4-10-17-11-7-15-13(14-3)16-8-5-12(2)6-9-16/h4,12H,1,5-11H2,2-3H3,(H,14,15). The molecule has 0 aromatic rings. The van der Waals surface area contributed by atoms with E-state index in [4.69, 9.17) is 0 Å². The average Bonchev–Trinajstić information content (AvgIpc) is 2.35. The molecule has 4 heteroatoms. The Balaban J connectivity index is 2.22. The molecule has 17 heavy (non-hydrogen) atoms. The molecule has 0 unspecified atom stereocenters. The van der Waals surface area contributed by atoms with E-state index in [1.807, 2.05) is 24.9 Å². The molecular weight excluding hydrogens is 230 g/mol. The molecule has 1 N–H and O–H groups in total. The number of guanidine groups is 1. The number of nitrogens with one attached hydrogen (secondary N) is 1. The summed E-state index contributed by atoms with van der Waals surface area (Å²) < 4.78 is 0. The molecule has 0 aliphatic carbocycles. The van der Waals surface area contributed by atoms with Crippen molar-refractivity contribution >= 4 is 17.7 Å². The van der Waals surface area contributed by atoms with Crippen molar-refractivity contribution in [2.45, 2.75) is 19.8 Å². The second-order valence-electron chi connectivity index (χ2n) is 4.51. The summed E-state index contributed by atoms with van der Waals surface area (Å²) >= 11 is 1.90. The molecule has 0 radical (unpaired) electrons. The van der Waals surface area contributed by atoms with Gasteiger partial charge in [-0.15, -0.1) is 6.58 Å². The Bertz CT molecular complexity index is 245. The highest BCUT2D eigenvalue weighted by molar-refractivity contribution is 7.99. The van der Waals surface area contributed by atoms with Gasteiger partial charge >= 0.3 is 0 Å². The van der Waals surface area contributed by atoms with Crippen LogP contribution >= 0.6 is 11.8 Å². The molecule has 0 atom stereocenters. The van der Waals surface area contributed by atoms with Crippen LogP contribution in [0.15, 0.2) is 17.6 Å². The van der Waals surface area contributed by atoms with E-state index < -0.39 is 0 Å². The summed E-state index contributed by atoms with van der Waals surface area (Å²) in [6.07, 6.45) is 4.52. The molecule has 1 fully saturated rings. The summed E-state index contributed by atoms with van der Waals surface area (Å²) in [5.74, 6) is 4.07. The van der Waals surface area contributed by atoms with E-state index in [2.05, 4.69) is 28.7 Å². The quantitative estimate of drug-likeness (QED) is 0.353. The molecule has 1 heterocycles. The zero-order chi connectivity index (χ0) is 12.5. The number of rotatable bonds is 5. The highest BCUT2D eigenvalue weighted by atomic mass is 32.2. The van der Waals surface area contributed by atoms with E-state index in [1.165, 1.54) is 12.8 Å². The number of thioether (sulfide) groups is 1. The lowest BCUT2D eigenvalue weighted by Crippen LogP contribution is -2.45. The number of piperidine rings is 1. The first-order chi connectivity index (χ1) is 8.27. The minimum absolute atomic E-state index is 0.868. The second kappa shape index (κ2) is 8.45. The lowest BCUT2D eigenvalue weighted by molar-refractivity contribution is 0.274. The predicted octanol–water partition coefficient (Wildman–Crippen LogP) is 2.21. The van der Waals surface area contributed by atoms with Gasteiger partial charge in [-0.1, -0.05) is 13.0 Å². The van der Waals surface area contributed by atoms with Gasteiger partial charge in [0.05, 0.1) is 0 Å². The average molecular weight is 255 g/mol. The summed E-state index contributed by atoms with van der Waals surface area (Å²) in [7, 11) is 1.87. The second-order valence-corrected chi connectivity index (χ2v) is 5.66. The molecule has 0 aromatic heterocycles. The van der Waals surface area contributed by atoms with E-state index in [0.717, 1.165) is 43.0 Å². The highest BCUT2D eigenvalue weighted by Crippen LogP contribution is 2.15. The fourth-order valence-electron chi connectivity index (χ4n) is 1.95. The zero-order valence-electron chi connectivity index (χ0n) is 11.1. The van der Waals surface area contributed by atoms with Gasteiger partial charge in [-0.25, -0.2) is 0 Å². The first kappa shape index (κ1) is 14.4. The molecule has 0 aromatic carbocycles. The molecule has 0 spiro atoms. The van der Waals surface area contributed by atoms with Gasteiger partial charge in [0.1, 0.15) is 0 Å². The minimum Gasteiger partial charge on any atom is -0.355 e. The van der Waals surface area contributed by atoms with Crippen LogP contribution in [-0.4, -0.2) is 49.0 Å². The summed E-state index contributed by atoms with van der Waals surface area (Å²) in [5.41, 5.74) is 0. The van der Waals surface area contributed by atoms with Gasteiger partial charge in [-0.2, -0.15) is 11.8 Å². The Labute approximate surface area is 110 Å². The van der Waals surface area contributed by atoms with Crippen molar-refractivity contribution < 1.29 is 0 Å². The Hall–Kier alpha value is -0.640. The van der Waals surface area contributed by atoms with Crippen molar-refractivity contribution in [2.24, 2.45) is 10.9 Å². The zero-order valence-corrected chi connectivity index (χ0v) is 11.9. The molecule has 1 saturated heterocycles. The number of likely N-dealkylation sites (tertiary alicyclic amines) is 1. The third kappa shape index (κ3) is 5.48. The van der Waals surface area contributed by atoms with Crippen molar-refractivity contribution in [1.29, 1.82) is 0 Å². The summed E-state index contributed by atoms with van der Waals surface area (Å²) in [4.78, 5) is 6.73. The van der Waals surface area contributed by atoms with Crippen LogP contribution in [0.1, 0.15) is 19.8 Å². The summed E-state index contributed by atoms with van der Waals surface area (Å²) in [6.45, 7) is 9.31. The number of nitrogens with zero attached hydrogens (tertiary/aromatic N) is 2. The Morgan fingerprint density at radius 1 is 1.53 bits per heavy atom. The maximum atomic E-state index is 4.36. The van der Waals surface area contributed by atoms with E-state index in [-0.39, 0.29) is 0 Å². The van der Waals surface area contributed by atoms with E-state index in [9.17, 15) is 0 Å². The minimum atomic E-state index is 0.868. The van der Waals surface area contributed by atoms with Gasteiger partial charge in [0, 0.05) is 38.2 Å². The van der Waals surface area contributed by atoms with Gasteiger partial charge in [-0.3, -0.25) is 4.99 Å². The van der Waals surface area contributed by atoms with Crippen LogP contribution in [-0.2, 0) is 0 Å². The van der Waals surface area contributed by atoms with Crippen LogP contribution in [0.4, 0.5) is 0 Å². The highest BCUT2D eigenvalue weighted by Gasteiger charge is 2.17. The van der Waals surface area contributed by atoms with Crippen molar-refractivity contribution in [3.8, 4) is 0 Å². The predicted molar refractivity (Wildman–Crippen MR) is 78.9 cm³/mol. The molecule has 0 amide bonds. The van der Waals surface area contributed by atoms with E-state index >= 15 is 0 Å². The lowest BCUT2D eigenvalue weighted by Gasteiger charge is -2.32. The number of hydrogen-bond donors (Lipinski definition) is 1. The monoisotopic (exact) mass is 255 g/mol. The molecule has 3 nitrogen and oxygen atoms in total. The number of aliphatic imine (C=N–C) groups is 1. The molecule has 0 saturated carbocycles. The van der Waals surface area contributed by atoms with Crippen LogP contribution < -0.4 is 5.32 Å². The maximum absolute atomic E-state index is 4.36. The van der Waals surface area contributed by atoms with Gasteiger partial charge in [-0.05, 0) is 18.8 Å². The van der Waals surface area contributed by atoms with Crippen molar-refractivity contribution in [3.05, 3.63) is 12.7 Å². The van der Waals surface area contributed by atoms with Crippen molar-refractivity contribution in [2.75, 3.05) is 38.2 Å². The molecule has 0 bridgehead atoms. The third-order valence-corrected chi connectivity index (χ3v) is 4.02. The third-order valence-electron chi connectivity index (χ3n) is 3.06. The molecule has 98 valence electrons. The van der Waals surface area contributed by atoms with Gasteiger partial charge in [0.15, 0.2) is 5.96 Å².